The third kappa shape index (κ3) is 5.25. The van der Waals surface area contributed by atoms with Crippen molar-refractivity contribution in [3.05, 3.63) is 24.3 Å². The number of hydrazone groups is 1. The first kappa shape index (κ1) is 15.3. The van der Waals surface area contributed by atoms with Crippen LogP contribution in [0.1, 0.15) is 5.69 Å². The molecular formula is C7H8KN5S2. The van der Waals surface area contributed by atoms with Gasteiger partial charge in [-0.1, -0.05) is 0 Å². The van der Waals surface area contributed by atoms with E-state index in [-0.39, 0.29) is 61.5 Å². The summed E-state index contributed by atoms with van der Waals surface area (Å²) in [5, 5.41) is 5.25. The smallest absolute Gasteiger partial charge is 0.409 e. The Morgan fingerprint density at radius 3 is 2.73 bits per heavy atom. The maximum absolute atomic E-state index is 5.63. The quantitative estimate of drug-likeness (QED) is 0.152. The van der Waals surface area contributed by atoms with Crippen molar-refractivity contribution in [1.82, 2.24) is 15.0 Å². The average Bonchev–Trinajstić information content (AvgIpc) is 2.19. The summed E-state index contributed by atoms with van der Waals surface area (Å²) in [6.45, 7) is 0. The van der Waals surface area contributed by atoms with Crippen LogP contribution in [0.5, 0.6) is 0 Å². The minimum Gasteiger partial charge on any atom is -0.409 e. The van der Waals surface area contributed by atoms with Gasteiger partial charge in [0.1, 0.15) is 5.69 Å². The van der Waals surface area contributed by atoms with Gasteiger partial charge in [-0.05, 0) is 4.32 Å². The van der Waals surface area contributed by atoms with Crippen LogP contribution in [0.3, 0.4) is 0 Å². The van der Waals surface area contributed by atoms with E-state index in [4.69, 9.17) is 30.6 Å². The fourth-order valence-corrected chi connectivity index (χ4v) is 0.767. The van der Waals surface area contributed by atoms with Crippen LogP contribution in [0.2, 0.25) is 0 Å². The van der Waals surface area contributed by atoms with Gasteiger partial charge in [0.25, 0.3) is 0 Å². The summed E-state index contributed by atoms with van der Waals surface area (Å²) in [7, 11) is 1.62. The van der Waals surface area contributed by atoms with Crippen molar-refractivity contribution in [3.63, 3.8) is 0 Å². The molecule has 1 aromatic rings. The molecule has 0 amide bonds. The third-order valence-electron chi connectivity index (χ3n) is 1.35. The van der Waals surface area contributed by atoms with E-state index in [1.807, 2.05) is 0 Å². The van der Waals surface area contributed by atoms with E-state index in [9.17, 15) is 0 Å². The van der Waals surface area contributed by atoms with E-state index < -0.39 is 0 Å². The first-order valence-corrected chi connectivity index (χ1v) is 4.48. The van der Waals surface area contributed by atoms with Gasteiger partial charge < -0.3 is 30.6 Å². The molecule has 0 aliphatic heterocycles. The van der Waals surface area contributed by atoms with Gasteiger partial charge in [-0.25, -0.2) is 4.98 Å². The molecule has 0 radical (unpaired) electrons. The molecule has 0 saturated carbocycles. The van der Waals surface area contributed by atoms with Gasteiger partial charge in [0.05, 0.1) is 6.20 Å². The Hall–Kier alpha value is 0.296. The van der Waals surface area contributed by atoms with Crippen molar-refractivity contribution in [2.24, 2.45) is 10.8 Å². The molecule has 0 spiro atoms. The monoisotopic (exact) mass is 265 g/mol. The average molecular weight is 265 g/mol. The van der Waals surface area contributed by atoms with Crippen molar-refractivity contribution < 1.29 is 51.4 Å². The molecule has 0 bridgehead atoms. The van der Waals surface area contributed by atoms with Crippen molar-refractivity contribution in [3.8, 4) is 0 Å². The van der Waals surface area contributed by atoms with Crippen LogP contribution >= 0.6 is 12.2 Å². The van der Waals surface area contributed by atoms with E-state index in [1.54, 1.807) is 13.2 Å². The van der Waals surface area contributed by atoms with Crippen molar-refractivity contribution in [2.45, 2.75) is 0 Å². The number of hydrogen-bond acceptors (Lipinski definition) is 5. The van der Waals surface area contributed by atoms with Crippen molar-refractivity contribution in [2.75, 3.05) is 7.05 Å². The third-order valence-corrected chi connectivity index (χ3v) is 1.88. The molecule has 2 N–H and O–H groups in total. The van der Waals surface area contributed by atoms with E-state index >= 15 is 0 Å². The van der Waals surface area contributed by atoms with Crippen LogP contribution < -0.4 is 57.1 Å². The fraction of sp³-hybridized carbons (Fsp3) is 0.143. The number of nitrogens with two attached hydrogens (primary N) is 1. The number of thiocarbonyl (C=S) groups is 1. The molecule has 74 valence electrons. The Labute approximate surface area is 141 Å². The summed E-state index contributed by atoms with van der Waals surface area (Å²) in [6, 6.07) is 0. The normalized spacial score (nSPS) is 10.3. The first-order valence-electron chi connectivity index (χ1n) is 3.66. The van der Waals surface area contributed by atoms with E-state index in [1.165, 1.54) is 17.4 Å². The summed E-state index contributed by atoms with van der Waals surface area (Å²) in [4.78, 5) is 7.83. The molecule has 8 heteroatoms. The second-order valence-electron chi connectivity index (χ2n) is 2.37. The minimum absolute atomic E-state index is 0. The van der Waals surface area contributed by atoms with Gasteiger partial charge in [-0.15, -0.1) is 0 Å². The SMILES string of the molecule is CN(/N=C(\N)c1cnccn1)C(=S)[S-].[K+]. The predicted molar refractivity (Wildman–Crippen MR) is 60.5 cm³/mol. The Kier molecular flexibility index (Phi) is 7.70. The van der Waals surface area contributed by atoms with Crippen LogP contribution in [0.15, 0.2) is 23.7 Å². The zero-order valence-corrected chi connectivity index (χ0v) is 13.2. The zero-order chi connectivity index (χ0) is 10.6. The Morgan fingerprint density at radius 2 is 2.27 bits per heavy atom. The van der Waals surface area contributed by atoms with E-state index in [0.717, 1.165) is 0 Å². The Bertz CT molecular complexity index is 356. The first-order chi connectivity index (χ1) is 6.61. The maximum atomic E-state index is 5.63. The summed E-state index contributed by atoms with van der Waals surface area (Å²) < 4.78 is 0.219. The summed E-state index contributed by atoms with van der Waals surface area (Å²) in [6.07, 6.45) is 4.60. The van der Waals surface area contributed by atoms with Gasteiger partial charge in [-0.3, -0.25) is 9.99 Å². The fourth-order valence-electron chi connectivity index (χ4n) is 0.685. The predicted octanol–water partition coefficient (Wildman–Crippen LogP) is -3.14. The summed E-state index contributed by atoms with van der Waals surface area (Å²) >= 11 is 9.46. The molecule has 0 aliphatic carbocycles. The molecule has 0 unspecified atom stereocenters. The molecule has 5 nitrogen and oxygen atoms in total. The summed E-state index contributed by atoms with van der Waals surface area (Å²) in [5.41, 5.74) is 6.12. The molecule has 0 aliphatic rings. The van der Waals surface area contributed by atoms with Gasteiger partial charge in [0.2, 0.25) is 0 Å². The standard InChI is InChI=1S/C7H9N5S2.K/c1-12(7(13)14)11-6(8)5-4-9-2-3-10-5;/h2-4H,1H3,(H2,8,11)(H,13,14);/q;+1/p-1. The van der Waals surface area contributed by atoms with Gasteiger partial charge in [-0.2, -0.15) is 5.10 Å². The molecule has 0 aromatic carbocycles. The maximum Gasteiger partial charge on any atom is 1.00 e. The van der Waals surface area contributed by atoms with Crippen LogP contribution in [-0.4, -0.2) is 32.2 Å². The van der Waals surface area contributed by atoms with E-state index in [0.29, 0.717) is 5.69 Å². The number of nitrogens with zero attached hydrogens (tertiary/aromatic N) is 4. The molecular weight excluding hydrogens is 257 g/mol. The van der Waals surface area contributed by atoms with Crippen LogP contribution in [0.4, 0.5) is 0 Å². The molecule has 0 saturated heterocycles. The number of amidine groups is 1. The van der Waals surface area contributed by atoms with Crippen molar-refractivity contribution >= 4 is 35.0 Å². The van der Waals surface area contributed by atoms with E-state index in [2.05, 4.69) is 15.1 Å². The van der Waals surface area contributed by atoms with Crippen LogP contribution in [-0.2, 0) is 12.6 Å². The molecule has 15 heavy (non-hydrogen) atoms. The van der Waals surface area contributed by atoms with Gasteiger partial charge in [0, 0.05) is 19.4 Å². The largest absolute Gasteiger partial charge is 1.00 e. The number of aromatic nitrogens is 2. The Balaban J connectivity index is 0.00000196. The summed E-state index contributed by atoms with van der Waals surface area (Å²) in [5.74, 6) is 0.229. The topological polar surface area (TPSA) is 67.4 Å². The van der Waals surface area contributed by atoms with Gasteiger partial charge in [0.15, 0.2) is 5.84 Å². The Morgan fingerprint density at radius 1 is 1.60 bits per heavy atom. The molecule has 1 heterocycles. The van der Waals surface area contributed by atoms with Gasteiger partial charge >= 0.3 is 51.4 Å². The number of hydrogen-bond donors (Lipinski definition) is 1. The van der Waals surface area contributed by atoms with Crippen LogP contribution in [0, 0.1) is 0 Å². The minimum atomic E-state index is 0. The molecule has 0 atom stereocenters. The molecule has 1 aromatic heterocycles. The van der Waals surface area contributed by atoms with Crippen LogP contribution in [0.25, 0.3) is 0 Å². The number of rotatable bonds is 2. The zero-order valence-electron chi connectivity index (χ0n) is 8.41. The van der Waals surface area contributed by atoms with Crippen molar-refractivity contribution in [1.29, 1.82) is 0 Å². The second-order valence-corrected chi connectivity index (χ2v) is 3.40. The second kappa shape index (κ2) is 7.55. The molecule has 1 rings (SSSR count). The molecule has 0 fully saturated rings.